The molecule has 0 radical (unpaired) electrons. The highest BCUT2D eigenvalue weighted by Gasteiger charge is 2.12. The summed E-state index contributed by atoms with van der Waals surface area (Å²) in [5, 5.41) is 0. The van der Waals surface area contributed by atoms with Gasteiger partial charge in [-0.15, -0.1) is 0 Å². The van der Waals surface area contributed by atoms with Crippen LogP contribution in [-0.2, 0) is 7.05 Å². The number of pyridine rings is 2. The van der Waals surface area contributed by atoms with E-state index in [0.717, 1.165) is 5.56 Å². The van der Waals surface area contributed by atoms with Gasteiger partial charge < -0.3 is 4.57 Å². The van der Waals surface area contributed by atoms with Crippen LogP contribution < -0.4 is 5.56 Å². The number of fused-ring (bicyclic) bond motifs is 1. The van der Waals surface area contributed by atoms with Crippen molar-refractivity contribution in [3.63, 3.8) is 0 Å². The van der Waals surface area contributed by atoms with Crippen molar-refractivity contribution in [2.75, 3.05) is 0 Å². The monoisotopic (exact) mass is 238 g/mol. The fourth-order valence-electron chi connectivity index (χ4n) is 1.78. The predicted octanol–water partition coefficient (Wildman–Crippen LogP) is 1.34. The van der Waals surface area contributed by atoms with Crippen LogP contribution in [0.4, 0.5) is 0 Å². The lowest BCUT2D eigenvalue weighted by molar-refractivity contribution is 0.896. The minimum Gasteiger partial charge on any atom is -0.356 e. The molecule has 0 spiro atoms. The molecule has 18 heavy (non-hydrogen) atoms. The summed E-state index contributed by atoms with van der Waals surface area (Å²) in [5.74, 6) is 0.434. The molecule has 0 fully saturated rings. The molecule has 1 aromatic heterocycles. The van der Waals surface area contributed by atoms with Gasteiger partial charge in [0.1, 0.15) is 0 Å². The van der Waals surface area contributed by atoms with Gasteiger partial charge in [-0.05, 0) is 18.2 Å². The minimum absolute atomic E-state index is 0.261. The quantitative estimate of drug-likeness (QED) is 0.642. The van der Waals surface area contributed by atoms with Crippen molar-refractivity contribution < 1.29 is 0 Å². The molecular formula is C13H10N4O. The Morgan fingerprint density at radius 1 is 1.11 bits per heavy atom. The van der Waals surface area contributed by atoms with Gasteiger partial charge in [-0.1, -0.05) is 0 Å². The van der Waals surface area contributed by atoms with Gasteiger partial charge in [0.25, 0.3) is 5.56 Å². The molecule has 3 rings (SSSR count). The zero-order valence-corrected chi connectivity index (χ0v) is 9.74. The maximum atomic E-state index is 11.9. The van der Waals surface area contributed by atoms with E-state index in [0.29, 0.717) is 17.1 Å². The summed E-state index contributed by atoms with van der Waals surface area (Å²) in [6, 6.07) is 5.37. The van der Waals surface area contributed by atoms with E-state index in [2.05, 4.69) is 15.0 Å². The van der Waals surface area contributed by atoms with E-state index in [-0.39, 0.29) is 5.56 Å². The summed E-state index contributed by atoms with van der Waals surface area (Å²) in [5.41, 5.74) is 1.71. The third-order valence-corrected chi connectivity index (χ3v) is 2.68. The first kappa shape index (κ1) is 10.6. The Kier molecular flexibility index (Phi) is 2.37. The third-order valence-electron chi connectivity index (χ3n) is 2.68. The maximum Gasteiger partial charge on any atom is 0.282 e. The molecule has 5 heteroatoms. The van der Waals surface area contributed by atoms with Crippen molar-refractivity contribution in [1.29, 1.82) is 0 Å². The Morgan fingerprint density at radius 2 is 1.89 bits per heavy atom. The van der Waals surface area contributed by atoms with Crippen LogP contribution in [-0.4, -0.2) is 19.5 Å². The second-order valence-corrected chi connectivity index (χ2v) is 4.00. The van der Waals surface area contributed by atoms with Crippen molar-refractivity contribution in [3.8, 4) is 22.6 Å². The lowest BCUT2D eigenvalue weighted by atomic mass is 10.2. The molecule has 0 aromatic carbocycles. The van der Waals surface area contributed by atoms with Crippen LogP contribution in [0.3, 0.4) is 0 Å². The van der Waals surface area contributed by atoms with Gasteiger partial charge in [-0.25, -0.2) is 4.98 Å². The molecule has 0 saturated heterocycles. The largest absolute Gasteiger partial charge is 0.356 e. The summed E-state index contributed by atoms with van der Waals surface area (Å²) in [4.78, 5) is 24.3. The highest BCUT2D eigenvalue weighted by Crippen LogP contribution is 2.18. The summed E-state index contributed by atoms with van der Waals surface area (Å²) >= 11 is 0. The van der Waals surface area contributed by atoms with Crippen LogP contribution in [0.25, 0.3) is 22.6 Å². The lowest BCUT2D eigenvalue weighted by Gasteiger charge is -2.07. The van der Waals surface area contributed by atoms with E-state index >= 15 is 0 Å². The summed E-state index contributed by atoms with van der Waals surface area (Å²) in [6.07, 6.45) is 6.88. The molecule has 2 aliphatic rings. The lowest BCUT2D eigenvalue weighted by Crippen LogP contribution is -2.14. The Morgan fingerprint density at radius 3 is 2.67 bits per heavy atom. The van der Waals surface area contributed by atoms with E-state index in [1.54, 1.807) is 35.3 Å². The van der Waals surface area contributed by atoms with Crippen molar-refractivity contribution in [3.05, 3.63) is 53.3 Å². The molecule has 2 aliphatic heterocycles. The zero-order chi connectivity index (χ0) is 12.5. The van der Waals surface area contributed by atoms with Crippen LogP contribution in [0.1, 0.15) is 0 Å². The predicted molar refractivity (Wildman–Crippen MR) is 67.1 cm³/mol. The molecule has 5 nitrogen and oxygen atoms in total. The molecule has 3 heterocycles. The number of nitrogens with zero attached hydrogens (tertiary/aromatic N) is 4. The van der Waals surface area contributed by atoms with Gasteiger partial charge in [-0.2, -0.15) is 4.98 Å². The molecule has 88 valence electrons. The van der Waals surface area contributed by atoms with Gasteiger partial charge in [0.2, 0.25) is 0 Å². The minimum atomic E-state index is -0.261. The van der Waals surface area contributed by atoms with Crippen LogP contribution in [0.15, 0.2) is 47.8 Å². The Balaban J connectivity index is 2.26. The van der Waals surface area contributed by atoms with Crippen molar-refractivity contribution in [1.82, 2.24) is 19.5 Å². The van der Waals surface area contributed by atoms with E-state index in [4.69, 9.17) is 0 Å². The Labute approximate surface area is 103 Å². The number of hydrogen-bond acceptors (Lipinski definition) is 4. The Bertz CT molecular complexity index is 721. The molecule has 0 amide bonds. The van der Waals surface area contributed by atoms with E-state index in [1.807, 2.05) is 19.3 Å². The third kappa shape index (κ3) is 1.75. The normalized spacial score (nSPS) is 10.7. The molecular weight excluding hydrogens is 228 g/mol. The van der Waals surface area contributed by atoms with Crippen molar-refractivity contribution in [2.24, 2.45) is 7.05 Å². The second-order valence-electron chi connectivity index (χ2n) is 4.00. The summed E-state index contributed by atoms with van der Waals surface area (Å²) in [6.45, 7) is 0. The first-order valence-corrected chi connectivity index (χ1v) is 5.48. The van der Waals surface area contributed by atoms with Crippen LogP contribution >= 0.6 is 0 Å². The smallest absolute Gasteiger partial charge is 0.282 e. The summed E-state index contributed by atoms with van der Waals surface area (Å²) in [7, 11) is 1.86. The Hall–Kier alpha value is -2.56. The zero-order valence-electron chi connectivity index (χ0n) is 9.74. The van der Waals surface area contributed by atoms with Gasteiger partial charge in [0.05, 0.1) is 11.3 Å². The SMILES string of the molecule is Cn1ccc2nc(-c3ccncc3)nc(=O)c-2c1. The topological polar surface area (TPSA) is 60.7 Å². The van der Waals surface area contributed by atoms with Gasteiger partial charge >= 0.3 is 0 Å². The van der Waals surface area contributed by atoms with Crippen LogP contribution in [0, 0.1) is 0 Å². The fraction of sp³-hybridized carbons (Fsp3) is 0.0769. The van der Waals surface area contributed by atoms with Crippen LogP contribution in [0.2, 0.25) is 0 Å². The molecule has 0 atom stereocenters. The van der Waals surface area contributed by atoms with Crippen molar-refractivity contribution in [2.45, 2.75) is 0 Å². The summed E-state index contributed by atoms with van der Waals surface area (Å²) < 4.78 is 1.80. The average Bonchev–Trinajstić information content (AvgIpc) is 2.40. The number of aryl methyl sites for hydroxylation is 1. The van der Waals surface area contributed by atoms with E-state index < -0.39 is 0 Å². The molecule has 0 aliphatic carbocycles. The molecule has 0 N–H and O–H groups in total. The number of hydrogen-bond donors (Lipinski definition) is 0. The average molecular weight is 238 g/mol. The highest BCUT2D eigenvalue weighted by molar-refractivity contribution is 5.63. The highest BCUT2D eigenvalue weighted by atomic mass is 16.1. The molecule has 0 bridgehead atoms. The molecule has 0 saturated carbocycles. The number of rotatable bonds is 1. The van der Waals surface area contributed by atoms with Crippen molar-refractivity contribution >= 4 is 0 Å². The first-order chi connectivity index (χ1) is 8.74. The molecule has 0 unspecified atom stereocenters. The van der Waals surface area contributed by atoms with Gasteiger partial charge in [-0.3, -0.25) is 9.78 Å². The fourth-order valence-corrected chi connectivity index (χ4v) is 1.78. The second kappa shape index (κ2) is 4.03. The van der Waals surface area contributed by atoms with E-state index in [9.17, 15) is 4.79 Å². The van der Waals surface area contributed by atoms with E-state index in [1.165, 1.54) is 0 Å². The first-order valence-electron chi connectivity index (χ1n) is 5.48. The maximum absolute atomic E-state index is 11.9. The number of aromatic nitrogens is 4. The van der Waals surface area contributed by atoms with Crippen LogP contribution in [0.5, 0.6) is 0 Å². The van der Waals surface area contributed by atoms with Gasteiger partial charge in [0.15, 0.2) is 5.82 Å². The standard InChI is InChI=1S/C13H10N4O/c1-17-7-4-11-10(8-17)13(18)16-12(15-11)9-2-5-14-6-3-9/h2-8H,1H3. The molecule has 1 aromatic rings. The van der Waals surface area contributed by atoms with Gasteiger partial charge in [0, 0.05) is 37.4 Å².